The number of nitrogens with one attached hydrogen (secondary N) is 1. The van der Waals surface area contributed by atoms with Gasteiger partial charge in [-0.25, -0.2) is 4.98 Å². The third-order valence-electron chi connectivity index (χ3n) is 1.80. The maximum absolute atomic E-state index is 5.72. The van der Waals surface area contributed by atoms with E-state index in [1.807, 2.05) is 24.3 Å². The van der Waals surface area contributed by atoms with Gasteiger partial charge >= 0.3 is 0 Å². The van der Waals surface area contributed by atoms with Crippen molar-refractivity contribution in [3.05, 3.63) is 34.8 Å². The molecule has 1 aromatic heterocycles. The van der Waals surface area contributed by atoms with Gasteiger partial charge in [0.2, 0.25) is 0 Å². The summed E-state index contributed by atoms with van der Waals surface area (Å²) in [6.45, 7) is 0. The number of halogens is 1. The molecule has 0 aliphatic heterocycles. The fourth-order valence-electron chi connectivity index (χ4n) is 1.14. The molecule has 0 atom stereocenters. The SMILES string of the molecule is COc1cccc(Nc2nc(Cl)cs2)c1. The number of ether oxygens (including phenoxy) is 1. The molecule has 2 rings (SSSR count). The smallest absolute Gasteiger partial charge is 0.188 e. The Hall–Kier alpha value is -1.26. The predicted molar refractivity (Wildman–Crippen MR) is 63.4 cm³/mol. The van der Waals surface area contributed by atoms with Crippen LogP contribution in [0.4, 0.5) is 10.8 Å². The molecule has 3 nitrogen and oxygen atoms in total. The Balaban J connectivity index is 2.16. The topological polar surface area (TPSA) is 34.1 Å². The number of aromatic nitrogens is 1. The molecule has 0 unspecified atom stereocenters. The summed E-state index contributed by atoms with van der Waals surface area (Å²) in [4.78, 5) is 4.09. The highest BCUT2D eigenvalue weighted by molar-refractivity contribution is 7.14. The molecule has 15 heavy (non-hydrogen) atoms. The second-order valence-corrected chi connectivity index (χ2v) is 4.08. The van der Waals surface area contributed by atoms with Crippen molar-refractivity contribution in [1.82, 2.24) is 4.98 Å². The van der Waals surface area contributed by atoms with Crippen LogP contribution in [-0.2, 0) is 0 Å². The minimum atomic E-state index is 0.505. The maximum atomic E-state index is 5.72. The third kappa shape index (κ3) is 2.61. The van der Waals surface area contributed by atoms with E-state index in [2.05, 4.69) is 10.3 Å². The van der Waals surface area contributed by atoms with Crippen molar-refractivity contribution in [3.8, 4) is 5.75 Å². The van der Waals surface area contributed by atoms with Crippen LogP contribution in [0, 0.1) is 0 Å². The van der Waals surface area contributed by atoms with E-state index in [0.29, 0.717) is 5.15 Å². The highest BCUT2D eigenvalue weighted by Gasteiger charge is 2.00. The van der Waals surface area contributed by atoms with E-state index in [-0.39, 0.29) is 0 Å². The minimum absolute atomic E-state index is 0.505. The summed E-state index contributed by atoms with van der Waals surface area (Å²) in [5, 5.41) is 6.20. The van der Waals surface area contributed by atoms with Crippen LogP contribution >= 0.6 is 22.9 Å². The molecule has 5 heteroatoms. The van der Waals surface area contributed by atoms with E-state index in [1.165, 1.54) is 11.3 Å². The van der Waals surface area contributed by atoms with Gasteiger partial charge in [0.1, 0.15) is 10.9 Å². The Morgan fingerprint density at radius 1 is 1.47 bits per heavy atom. The molecule has 1 heterocycles. The summed E-state index contributed by atoms with van der Waals surface area (Å²) in [7, 11) is 1.64. The van der Waals surface area contributed by atoms with Gasteiger partial charge in [-0.05, 0) is 12.1 Å². The van der Waals surface area contributed by atoms with Crippen molar-refractivity contribution in [2.75, 3.05) is 12.4 Å². The van der Waals surface area contributed by atoms with Crippen molar-refractivity contribution >= 4 is 33.8 Å². The molecule has 0 amide bonds. The van der Waals surface area contributed by atoms with E-state index < -0.39 is 0 Å². The zero-order valence-corrected chi connectivity index (χ0v) is 9.60. The van der Waals surface area contributed by atoms with Crippen LogP contribution < -0.4 is 10.1 Å². The van der Waals surface area contributed by atoms with Crippen molar-refractivity contribution in [2.45, 2.75) is 0 Å². The number of hydrogen-bond donors (Lipinski definition) is 1. The van der Waals surface area contributed by atoms with Crippen LogP contribution in [0.5, 0.6) is 5.75 Å². The van der Waals surface area contributed by atoms with Crippen molar-refractivity contribution in [1.29, 1.82) is 0 Å². The molecule has 0 bridgehead atoms. The number of thiazole rings is 1. The lowest BCUT2D eigenvalue weighted by Crippen LogP contribution is -1.90. The van der Waals surface area contributed by atoms with Gasteiger partial charge < -0.3 is 10.1 Å². The first-order valence-electron chi connectivity index (χ1n) is 4.30. The first-order chi connectivity index (χ1) is 7.28. The average molecular weight is 241 g/mol. The van der Waals surface area contributed by atoms with E-state index in [1.54, 1.807) is 12.5 Å². The molecule has 0 aliphatic rings. The molecular formula is C10H9ClN2OS. The van der Waals surface area contributed by atoms with E-state index in [4.69, 9.17) is 16.3 Å². The molecule has 1 N–H and O–H groups in total. The molecule has 0 spiro atoms. The molecule has 1 aromatic carbocycles. The molecule has 0 fully saturated rings. The quantitative estimate of drug-likeness (QED) is 0.891. The van der Waals surface area contributed by atoms with E-state index in [9.17, 15) is 0 Å². The van der Waals surface area contributed by atoms with Crippen LogP contribution in [-0.4, -0.2) is 12.1 Å². The lowest BCUT2D eigenvalue weighted by Gasteiger charge is -2.04. The third-order valence-corrected chi connectivity index (χ3v) is 2.88. The van der Waals surface area contributed by atoms with Gasteiger partial charge in [-0.2, -0.15) is 0 Å². The highest BCUT2D eigenvalue weighted by atomic mass is 35.5. The molecule has 0 saturated heterocycles. The summed E-state index contributed by atoms with van der Waals surface area (Å²) in [6, 6.07) is 7.64. The van der Waals surface area contributed by atoms with Crippen molar-refractivity contribution in [3.63, 3.8) is 0 Å². The van der Waals surface area contributed by atoms with Crippen LogP contribution in [0.2, 0.25) is 5.15 Å². The molecule has 0 radical (unpaired) electrons. The summed E-state index contributed by atoms with van der Waals surface area (Å²) < 4.78 is 5.11. The van der Waals surface area contributed by atoms with Crippen LogP contribution in [0.1, 0.15) is 0 Å². The Labute approximate surface area is 96.7 Å². The summed E-state index contributed by atoms with van der Waals surface area (Å²) in [5.74, 6) is 0.808. The van der Waals surface area contributed by atoms with Crippen LogP contribution in [0.15, 0.2) is 29.6 Å². The van der Waals surface area contributed by atoms with Gasteiger partial charge in [0.25, 0.3) is 0 Å². The van der Waals surface area contributed by atoms with Gasteiger partial charge in [0.05, 0.1) is 7.11 Å². The Bertz CT molecular complexity index is 458. The minimum Gasteiger partial charge on any atom is -0.497 e. The standard InChI is InChI=1S/C10H9ClN2OS/c1-14-8-4-2-3-7(5-8)12-10-13-9(11)6-15-10/h2-6H,1H3,(H,12,13). The largest absolute Gasteiger partial charge is 0.497 e. The number of anilines is 2. The number of rotatable bonds is 3. The van der Waals surface area contributed by atoms with Gasteiger partial charge in [0.15, 0.2) is 5.13 Å². The van der Waals surface area contributed by atoms with Gasteiger partial charge in [0, 0.05) is 17.1 Å². The zero-order chi connectivity index (χ0) is 10.7. The highest BCUT2D eigenvalue weighted by Crippen LogP contribution is 2.25. The average Bonchev–Trinajstić information content (AvgIpc) is 2.64. The lowest BCUT2D eigenvalue weighted by atomic mass is 10.3. The fourth-order valence-corrected chi connectivity index (χ4v) is 1.99. The first kappa shape index (κ1) is 10.3. The van der Waals surface area contributed by atoms with Crippen LogP contribution in [0.25, 0.3) is 0 Å². The second-order valence-electron chi connectivity index (χ2n) is 2.83. The van der Waals surface area contributed by atoms with E-state index in [0.717, 1.165) is 16.6 Å². The second kappa shape index (κ2) is 4.51. The summed E-state index contributed by atoms with van der Waals surface area (Å²) in [5.41, 5.74) is 0.931. The Morgan fingerprint density at radius 2 is 2.33 bits per heavy atom. The van der Waals surface area contributed by atoms with Crippen molar-refractivity contribution < 1.29 is 4.74 Å². The molecule has 78 valence electrons. The van der Waals surface area contributed by atoms with Gasteiger partial charge in [-0.3, -0.25) is 0 Å². The summed E-state index contributed by atoms with van der Waals surface area (Å²) in [6.07, 6.45) is 0. The van der Waals surface area contributed by atoms with Gasteiger partial charge in [-0.1, -0.05) is 17.7 Å². The monoisotopic (exact) mass is 240 g/mol. The Morgan fingerprint density at radius 3 is 3.00 bits per heavy atom. The fraction of sp³-hybridized carbons (Fsp3) is 0.100. The van der Waals surface area contributed by atoms with Crippen molar-refractivity contribution in [2.24, 2.45) is 0 Å². The molecule has 0 aliphatic carbocycles. The molecule has 2 aromatic rings. The number of hydrogen-bond acceptors (Lipinski definition) is 4. The van der Waals surface area contributed by atoms with Gasteiger partial charge in [-0.15, -0.1) is 11.3 Å². The zero-order valence-electron chi connectivity index (χ0n) is 8.03. The van der Waals surface area contributed by atoms with Crippen LogP contribution in [0.3, 0.4) is 0 Å². The Kier molecular flexibility index (Phi) is 3.08. The summed E-state index contributed by atoms with van der Waals surface area (Å²) >= 11 is 7.18. The number of benzene rings is 1. The lowest BCUT2D eigenvalue weighted by molar-refractivity contribution is 0.415. The molecule has 0 saturated carbocycles. The predicted octanol–water partition coefficient (Wildman–Crippen LogP) is 3.55. The first-order valence-corrected chi connectivity index (χ1v) is 5.56. The number of nitrogens with zero attached hydrogens (tertiary/aromatic N) is 1. The molecular weight excluding hydrogens is 232 g/mol. The number of methoxy groups -OCH3 is 1. The maximum Gasteiger partial charge on any atom is 0.188 e. The van der Waals surface area contributed by atoms with E-state index >= 15 is 0 Å². The normalized spacial score (nSPS) is 10.0.